The average Bonchev–Trinajstić information content (AvgIpc) is 3.50. The van der Waals surface area contributed by atoms with E-state index in [0.29, 0.717) is 29.9 Å². The minimum Gasteiger partial charge on any atom is -0.497 e. The van der Waals surface area contributed by atoms with Crippen LogP contribution in [0.1, 0.15) is 53.6 Å². The molecule has 1 aliphatic rings. The molecule has 1 atom stereocenters. The number of carbonyl (C=O) groups is 1. The highest BCUT2D eigenvalue weighted by Crippen LogP contribution is 2.28. The van der Waals surface area contributed by atoms with E-state index in [-0.39, 0.29) is 24.1 Å². The van der Waals surface area contributed by atoms with Crippen molar-refractivity contribution < 1.29 is 22.7 Å². The van der Waals surface area contributed by atoms with Gasteiger partial charge in [0.05, 0.1) is 13.2 Å². The minimum atomic E-state index is -4.65. The van der Waals surface area contributed by atoms with E-state index in [4.69, 9.17) is 4.74 Å². The monoisotopic (exact) mass is 490 g/mol. The Balaban J connectivity index is 1.43. The summed E-state index contributed by atoms with van der Waals surface area (Å²) in [6.07, 6.45) is -1.86. The van der Waals surface area contributed by atoms with Gasteiger partial charge in [0.1, 0.15) is 5.75 Å². The minimum absolute atomic E-state index is 0.0600. The van der Waals surface area contributed by atoms with E-state index in [2.05, 4.69) is 25.3 Å². The number of carbonyl (C=O) groups excluding carboxylic acids is 1. The molecule has 0 spiro atoms. The van der Waals surface area contributed by atoms with Crippen LogP contribution >= 0.6 is 0 Å². The molecular weight excluding hydrogens is 461 g/mol. The Kier molecular flexibility index (Phi) is 7.25. The van der Waals surface area contributed by atoms with E-state index in [1.54, 1.807) is 21.0 Å². The Morgan fingerprint density at radius 1 is 1.14 bits per heavy atom. The number of benzene rings is 1. The molecule has 2 aromatic heterocycles. The van der Waals surface area contributed by atoms with Gasteiger partial charge < -0.3 is 10.1 Å². The first-order chi connectivity index (χ1) is 16.7. The second-order valence-corrected chi connectivity index (χ2v) is 8.74. The molecular formula is C24H29F3N6O2. The lowest BCUT2D eigenvalue weighted by Gasteiger charge is -2.28. The third-order valence-corrected chi connectivity index (χ3v) is 6.48. The van der Waals surface area contributed by atoms with E-state index >= 15 is 0 Å². The summed E-state index contributed by atoms with van der Waals surface area (Å²) in [5.41, 5.74) is 2.84. The Morgan fingerprint density at radius 3 is 2.46 bits per heavy atom. The lowest BCUT2D eigenvalue weighted by Crippen LogP contribution is -2.36. The number of fused-ring (bicyclic) bond motifs is 1. The molecule has 1 unspecified atom stereocenters. The summed E-state index contributed by atoms with van der Waals surface area (Å²) in [4.78, 5) is 22.8. The van der Waals surface area contributed by atoms with Crippen LogP contribution in [0.2, 0.25) is 0 Å². The van der Waals surface area contributed by atoms with Crippen molar-refractivity contribution >= 4 is 11.7 Å². The van der Waals surface area contributed by atoms with Crippen LogP contribution in [0, 0.1) is 13.8 Å². The number of hydrogen-bond donors (Lipinski definition) is 1. The molecule has 4 rings (SSSR count). The molecule has 3 heterocycles. The van der Waals surface area contributed by atoms with E-state index in [0.717, 1.165) is 41.8 Å². The zero-order valence-electron chi connectivity index (χ0n) is 20.0. The van der Waals surface area contributed by atoms with Crippen LogP contribution in [0.15, 0.2) is 24.3 Å². The molecule has 1 fully saturated rings. The van der Waals surface area contributed by atoms with Crippen LogP contribution in [0.4, 0.5) is 13.2 Å². The maximum absolute atomic E-state index is 13.0. The van der Waals surface area contributed by atoms with Gasteiger partial charge in [0.25, 0.3) is 11.6 Å². The van der Waals surface area contributed by atoms with Crippen LogP contribution in [-0.4, -0.2) is 57.1 Å². The molecule has 1 amide bonds. The first-order valence-corrected chi connectivity index (χ1v) is 11.6. The van der Waals surface area contributed by atoms with Gasteiger partial charge in [-0.05, 0) is 69.5 Å². The van der Waals surface area contributed by atoms with Gasteiger partial charge in [-0.2, -0.15) is 18.2 Å². The number of ether oxygens (including phenoxy) is 1. The first kappa shape index (κ1) is 24.9. The Labute approximate surface area is 201 Å². The standard InChI is InChI=1S/C24H29F3N6O2/c1-15-19(16(2)33-23(29-15)30-22(31-33)24(25,26)27)10-11-21(34)28-14-20(32-12-4-5-13-32)17-6-8-18(35-3)9-7-17/h6-9,20H,4-5,10-14H2,1-3H3,(H,28,34). The molecule has 1 saturated heterocycles. The van der Waals surface area contributed by atoms with Crippen LogP contribution in [-0.2, 0) is 17.4 Å². The highest BCUT2D eigenvalue weighted by molar-refractivity contribution is 5.76. The lowest BCUT2D eigenvalue weighted by atomic mass is 10.0. The summed E-state index contributed by atoms with van der Waals surface area (Å²) in [7, 11) is 1.63. The number of halogens is 3. The Bertz CT molecular complexity index is 1190. The van der Waals surface area contributed by atoms with Crippen molar-refractivity contribution in [3.8, 4) is 5.75 Å². The predicted molar refractivity (Wildman–Crippen MR) is 123 cm³/mol. The van der Waals surface area contributed by atoms with E-state index in [9.17, 15) is 18.0 Å². The Hall–Kier alpha value is -3.21. The molecule has 1 N–H and O–H groups in total. The fourth-order valence-corrected chi connectivity index (χ4v) is 4.56. The van der Waals surface area contributed by atoms with Gasteiger partial charge >= 0.3 is 6.18 Å². The molecule has 11 heteroatoms. The molecule has 0 radical (unpaired) electrons. The number of hydrogen-bond acceptors (Lipinski definition) is 6. The number of amides is 1. The first-order valence-electron chi connectivity index (χ1n) is 11.6. The Morgan fingerprint density at radius 2 is 1.83 bits per heavy atom. The molecule has 1 aliphatic heterocycles. The van der Waals surface area contributed by atoms with Crippen LogP contribution in [0.25, 0.3) is 5.78 Å². The quantitative estimate of drug-likeness (QED) is 0.519. The highest BCUT2D eigenvalue weighted by Gasteiger charge is 2.37. The SMILES string of the molecule is COc1ccc(C(CNC(=O)CCc2c(C)nc3nc(C(F)(F)F)nn3c2C)N2CCCC2)cc1. The molecule has 8 nitrogen and oxygen atoms in total. The average molecular weight is 491 g/mol. The topological polar surface area (TPSA) is 84.6 Å². The third kappa shape index (κ3) is 5.55. The number of methoxy groups -OCH3 is 1. The van der Waals surface area contributed by atoms with Gasteiger partial charge in [-0.15, -0.1) is 5.10 Å². The third-order valence-electron chi connectivity index (χ3n) is 6.48. The molecule has 0 bridgehead atoms. The second kappa shape index (κ2) is 10.2. The second-order valence-electron chi connectivity index (χ2n) is 8.74. The van der Waals surface area contributed by atoms with E-state index < -0.39 is 12.0 Å². The fraction of sp³-hybridized carbons (Fsp3) is 0.500. The maximum Gasteiger partial charge on any atom is 0.453 e. The summed E-state index contributed by atoms with van der Waals surface area (Å²) in [5.74, 6) is -0.678. The van der Waals surface area contributed by atoms with Gasteiger partial charge in [-0.25, -0.2) is 9.50 Å². The van der Waals surface area contributed by atoms with Crippen molar-refractivity contribution in [2.45, 2.75) is 51.7 Å². The highest BCUT2D eigenvalue weighted by atomic mass is 19.4. The molecule has 188 valence electrons. The summed E-state index contributed by atoms with van der Waals surface area (Å²) >= 11 is 0. The molecule has 35 heavy (non-hydrogen) atoms. The van der Waals surface area contributed by atoms with Gasteiger partial charge in [-0.1, -0.05) is 12.1 Å². The number of aryl methyl sites for hydroxylation is 2. The van der Waals surface area contributed by atoms with Gasteiger partial charge in [0.2, 0.25) is 5.91 Å². The largest absolute Gasteiger partial charge is 0.497 e. The molecule has 1 aromatic carbocycles. The molecule has 3 aromatic rings. The molecule has 0 aliphatic carbocycles. The van der Waals surface area contributed by atoms with Gasteiger partial charge in [-0.3, -0.25) is 9.69 Å². The zero-order valence-corrected chi connectivity index (χ0v) is 20.0. The summed E-state index contributed by atoms with van der Waals surface area (Å²) < 4.78 is 45.4. The number of aromatic nitrogens is 4. The normalized spacial score (nSPS) is 15.5. The summed E-state index contributed by atoms with van der Waals surface area (Å²) in [6, 6.07) is 7.95. The summed E-state index contributed by atoms with van der Waals surface area (Å²) in [5, 5.41) is 6.61. The van der Waals surface area contributed by atoms with Crippen molar-refractivity contribution in [2.75, 3.05) is 26.7 Å². The van der Waals surface area contributed by atoms with E-state index in [1.807, 2.05) is 24.3 Å². The van der Waals surface area contributed by atoms with Gasteiger partial charge in [0, 0.05) is 24.4 Å². The zero-order chi connectivity index (χ0) is 25.2. The van der Waals surface area contributed by atoms with Crippen molar-refractivity contribution in [3.63, 3.8) is 0 Å². The van der Waals surface area contributed by atoms with Crippen LogP contribution in [0.5, 0.6) is 5.75 Å². The van der Waals surface area contributed by atoms with Crippen molar-refractivity contribution in [2.24, 2.45) is 0 Å². The predicted octanol–water partition coefficient (Wildman–Crippen LogP) is 3.65. The van der Waals surface area contributed by atoms with Crippen LogP contribution < -0.4 is 10.1 Å². The smallest absolute Gasteiger partial charge is 0.453 e. The maximum atomic E-state index is 13.0. The van der Waals surface area contributed by atoms with Crippen LogP contribution in [0.3, 0.4) is 0 Å². The van der Waals surface area contributed by atoms with Crippen molar-refractivity contribution in [3.05, 3.63) is 52.6 Å². The van der Waals surface area contributed by atoms with E-state index in [1.165, 1.54) is 0 Å². The summed E-state index contributed by atoms with van der Waals surface area (Å²) in [6.45, 7) is 5.80. The number of likely N-dealkylation sites (tertiary alicyclic amines) is 1. The van der Waals surface area contributed by atoms with Gasteiger partial charge in [0.15, 0.2) is 0 Å². The molecule has 0 saturated carbocycles. The fourth-order valence-electron chi connectivity index (χ4n) is 4.56. The number of alkyl halides is 3. The number of nitrogens with zero attached hydrogens (tertiary/aromatic N) is 5. The lowest BCUT2D eigenvalue weighted by molar-refractivity contribution is -0.144. The number of rotatable bonds is 8. The number of nitrogens with one attached hydrogen (secondary N) is 1. The van der Waals surface area contributed by atoms with Crippen molar-refractivity contribution in [1.82, 2.24) is 29.8 Å². The van der Waals surface area contributed by atoms with Crippen molar-refractivity contribution in [1.29, 1.82) is 0 Å².